The van der Waals surface area contributed by atoms with Gasteiger partial charge in [0.15, 0.2) is 0 Å². The van der Waals surface area contributed by atoms with Crippen molar-refractivity contribution < 1.29 is 4.79 Å². The van der Waals surface area contributed by atoms with Gasteiger partial charge >= 0.3 is 0 Å². The Labute approximate surface area is 106 Å². The van der Waals surface area contributed by atoms with E-state index in [0.717, 1.165) is 38.1 Å². The standard InChI is InChI=1S/C14H28N2O/c1-2-3-10-13(15)14(17)16-11-6-9-12-7-4-5-8-12/h12-13H,2-11,15H2,1H3,(H,16,17)/t13-/m0/s1. The van der Waals surface area contributed by atoms with Crippen molar-refractivity contribution in [2.75, 3.05) is 6.54 Å². The predicted octanol–water partition coefficient (Wildman–Crippen LogP) is 2.59. The van der Waals surface area contributed by atoms with Crippen LogP contribution in [-0.2, 0) is 4.79 Å². The zero-order chi connectivity index (χ0) is 12.5. The van der Waals surface area contributed by atoms with E-state index in [2.05, 4.69) is 12.2 Å². The van der Waals surface area contributed by atoms with Crippen molar-refractivity contribution in [1.82, 2.24) is 5.32 Å². The van der Waals surface area contributed by atoms with Crippen LogP contribution < -0.4 is 11.1 Å². The average molecular weight is 240 g/mol. The van der Waals surface area contributed by atoms with Crippen molar-refractivity contribution in [3.63, 3.8) is 0 Å². The van der Waals surface area contributed by atoms with Gasteiger partial charge in [-0.25, -0.2) is 0 Å². The second kappa shape index (κ2) is 8.51. The van der Waals surface area contributed by atoms with Gasteiger partial charge in [0.2, 0.25) is 5.91 Å². The third kappa shape index (κ3) is 6.06. The number of hydrogen-bond acceptors (Lipinski definition) is 2. The van der Waals surface area contributed by atoms with Crippen LogP contribution >= 0.6 is 0 Å². The summed E-state index contributed by atoms with van der Waals surface area (Å²) in [6.07, 6.45) is 10.9. The summed E-state index contributed by atoms with van der Waals surface area (Å²) >= 11 is 0. The molecule has 1 fully saturated rings. The van der Waals surface area contributed by atoms with Crippen LogP contribution in [0.2, 0.25) is 0 Å². The lowest BCUT2D eigenvalue weighted by Gasteiger charge is -2.13. The van der Waals surface area contributed by atoms with Crippen LogP contribution in [0.5, 0.6) is 0 Å². The summed E-state index contributed by atoms with van der Waals surface area (Å²) in [6, 6.07) is -0.304. The van der Waals surface area contributed by atoms with Gasteiger partial charge in [0.05, 0.1) is 6.04 Å². The Kier molecular flexibility index (Phi) is 7.25. The molecule has 1 aliphatic carbocycles. The zero-order valence-electron chi connectivity index (χ0n) is 11.2. The number of amides is 1. The first kappa shape index (κ1) is 14.5. The van der Waals surface area contributed by atoms with Gasteiger partial charge in [-0.15, -0.1) is 0 Å². The smallest absolute Gasteiger partial charge is 0.236 e. The first-order chi connectivity index (χ1) is 8.24. The SMILES string of the molecule is CCCC[C@H](N)C(=O)NCCCC1CCCC1. The molecule has 1 atom stereocenters. The number of nitrogens with two attached hydrogens (primary N) is 1. The van der Waals surface area contributed by atoms with Gasteiger partial charge in [0.25, 0.3) is 0 Å². The number of carbonyl (C=O) groups is 1. The monoisotopic (exact) mass is 240 g/mol. The molecule has 3 N–H and O–H groups in total. The molecule has 0 bridgehead atoms. The summed E-state index contributed by atoms with van der Waals surface area (Å²) in [5.74, 6) is 0.950. The maximum atomic E-state index is 11.6. The van der Waals surface area contributed by atoms with Gasteiger partial charge in [0.1, 0.15) is 0 Å². The largest absolute Gasteiger partial charge is 0.355 e. The molecular formula is C14H28N2O. The summed E-state index contributed by atoms with van der Waals surface area (Å²) in [7, 11) is 0. The van der Waals surface area contributed by atoms with Crippen LogP contribution in [0.1, 0.15) is 64.7 Å². The molecule has 0 aliphatic heterocycles. The molecule has 0 aromatic rings. The summed E-state index contributed by atoms with van der Waals surface area (Å²) in [5.41, 5.74) is 5.80. The van der Waals surface area contributed by atoms with Crippen molar-refractivity contribution in [2.24, 2.45) is 11.7 Å². The van der Waals surface area contributed by atoms with Gasteiger partial charge < -0.3 is 11.1 Å². The number of rotatable bonds is 8. The number of nitrogens with one attached hydrogen (secondary N) is 1. The summed E-state index contributed by atoms with van der Waals surface area (Å²) in [5, 5.41) is 2.95. The molecule has 17 heavy (non-hydrogen) atoms. The van der Waals surface area contributed by atoms with E-state index in [4.69, 9.17) is 5.73 Å². The molecule has 0 saturated heterocycles. The fraction of sp³-hybridized carbons (Fsp3) is 0.929. The van der Waals surface area contributed by atoms with Crippen molar-refractivity contribution in [3.05, 3.63) is 0 Å². The molecule has 0 unspecified atom stereocenters. The van der Waals surface area contributed by atoms with Crippen LogP contribution in [0.15, 0.2) is 0 Å². The van der Waals surface area contributed by atoms with Crippen LogP contribution in [0.4, 0.5) is 0 Å². The topological polar surface area (TPSA) is 55.1 Å². The van der Waals surface area contributed by atoms with Crippen LogP contribution in [-0.4, -0.2) is 18.5 Å². The van der Waals surface area contributed by atoms with Crippen LogP contribution in [0.3, 0.4) is 0 Å². The molecular weight excluding hydrogens is 212 g/mol. The fourth-order valence-corrected chi connectivity index (χ4v) is 2.59. The molecule has 100 valence electrons. The molecule has 1 saturated carbocycles. The molecule has 1 rings (SSSR count). The number of unbranched alkanes of at least 4 members (excludes halogenated alkanes) is 1. The van der Waals surface area contributed by atoms with E-state index in [1.165, 1.54) is 32.1 Å². The van der Waals surface area contributed by atoms with Crippen LogP contribution in [0, 0.1) is 5.92 Å². The highest BCUT2D eigenvalue weighted by Crippen LogP contribution is 2.28. The fourth-order valence-electron chi connectivity index (χ4n) is 2.59. The van der Waals surface area contributed by atoms with Crippen molar-refractivity contribution >= 4 is 5.91 Å². The Morgan fingerprint density at radius 2 is 2.06 bits per heavy atom. The molecule has 0 heterocycles. The van der Waals surface area contributed by atoms with Gasteiger partial charge in [-0.05, 0) is 25.2 Å². The van der Waals surface area contributed by atoms with E-state index < -0.39 is 0 Å². The minimum atomic E-state index is -0.304. The first-order valence-corrected chi connectivity index (χ1v) is 7.27. The van der Waals surface area contributed by atoms with E-state index in [0.29, 0.717) is 0 Å². The second-order valence-corrected chi connectivity index (χ2v) is 5.33. The van der Waals surface area contributed by atoms with Crippen molar-refractivity contribution in [1.29, 1.82) is 0 Å². The van der Waals surface area contributed by atoms with Gasteiger partial charge in [-0.2, -0.15) is 0 Å². The average Bonchev–Trinajstić information content (AvgIpc) is 2.84. The number of hydrogen-bond donors (Lipinski definition) is 2. The quantitative estimate of drug-likeness (QED) is 0.641. The maximum absolute atomic E-state index is 11.6. The van der Waals surface area contributed by atoms with Gasteiger partial charge in [0, 0.05) is 6.54 Å². The van der Waals surface area contributed by atoms with Crippen molar-refractivity contribution in [3.8, 4) is 0 Å². The molecule has 3 heteroatoms. The summed E-state index contributed by atoms with van der Waals surface area (Å²) < 4.78 is 0. The maximum Gasteiger partial charge on any atom is 0.236 e. The van der Waals surface area contributed by atoms with E-state index >= 15 is 0 Å². The Morgan fingerprint density at radius 1 is 1.35 bits per heavy atom. The van der Waals surface area contributed by atoms with E-state index in [9.17, 15) is 4.79 Å². The summed E-state index contributed by atoms with van der Waals surface area (Å²) in [6.45, 7) is 2.92. The van der Waals surface area contributed by atoms with Crippen molar-refractivity contribution in [2.45, 2.75) is 70.8 Å². The Balaban J connectivity index is 1.98. The lowest BCUT2D eigenvalue weighted by Crippen LogP contribution is -2.40. The highest BCUT2D eigenvalue weighted by molar-refractivity contribution is 5.81. The minimum absolute atomic E-state index is 0.0323. The lowest BCUT2D eigenvalue weighted by atomic mass is 10.0. The molecule has 1 aliphatic rings. The molecule has 0 aromatic heterocycles. The number of carbonyl (C=O) groups excluding carboxylic acids is 1. The van der Waals surface area contributed by atoms with Crippen LogP contribution in [0.25, 0.3) is 0 Å². The van der Waals surface area contributed by atoms with E-state index in [-0.39, 0.29) is 11.9 Å². The third-order valence-electron chi connectivity index (χ3n) is 3.77. The zero-order valence-corrected chi connectivity index (χ0v) is 11.2. The highest BCUT2D eigenvalue weighted by Gasteiger charge is 2.15. The van der Waals surface area contributed by atoms with E-state index in [1.54, 1.807) is 0 Å². The predicted molar refractivity (Wildman–Crippen MR) is 71.7 cm³/mol. The Hall–Kier alpha value is -0.570. The normalized spacial score (nSPS) is 18.2. The molecule has 0 aromatic carbocycles. The minimum Gasteiger partial charge on any atom is -0.355 e. The summed E-state index contributed by atoms with van der Waals surface area (Å²) in [4.78, 5) is 11.6. The molecule has 0 radical (unpaired) electrons. The highest BCUT2D eigenvalue weighted by atomic mass is 16.2. The van der Waals surface area contributed by atoms with Gasteiger partial charge in [-0.3, -0.25) is 4.79 Å². The Bertz CT molecular complexity index is 212. The molecule has 3 nitrogen and oxygen atoms in total. The molecule has 1 amide bonds. The Morgan fingerprint density at radius 3 is 2.71 bits per heavy atom. The third-order valence-corrected chi connectivity index (χ3v) is 3.77. The van der Waals surface area contributed by atoms with E-state index in [1.807, 2.05) is 0 Å². The van der Waals surface area contributed by atoms with Gasteiger partial charge in [-0.1, -0.05) is 45.4 Å². The molecule has 0 spiro atoms. The first-order valence-electron chi connectivity index (χ1n) is 7.27. The lowest BCUT2D eigenvalue weighted by molar-refractivity contribution is -0.122. The second-order valence-electron chi connectivity index (χ2n) is 5.33.